The van der Waals surface area contributed by atoms with Gasteiger partial charge < -0.3 is 20.6 Å². The minimum absolute atomic E-state index is 0.0412. The van der Waals surface area contributed by atoms with Gasteiger partial charge >= 0.3 is 5.97 Å². The van der Waals surface area contributed by atoms with Crippen LogP contribution in [0.15, 0.2) is 24.3 Å². The summed E-state index contributed by atoms with van der Waals surface area (Å²) in [5.41, 5.74) is 0.828. The molecule has 142 valence electrons. The molecule has 0 fully saturated rings. The number of carboxylic acid groups (broad SMARTS) is 1. The number of nitrogens with one attached hydrogen (secondary N) is 2. The first kappa shape index (κ1) is 21.1. The number of aliphatic carboxylic acids is 1. The molecule has 0 heterocycles. The molecule has 0 aromatic heterocycles. The van der Waals surface area contributed by atoms with E-state index in [-0.39, 0.29) is 18.2 Å². The van der Waals surface area contributed by atoms with E-state index in [1.165, 1.54) is 12.1 Å². The smallest absolute Gasteiger partial charge is 0.322 e. The Morgan fingerprint density at radius 1 is 1.00 bits per heavy atom. The number of rotatable bonds is 10. The largest absolute Gasteiger partial charge is 0.480 e. The van der Waals surface area contributed by atoms with Crippen LogP contribution in [0.1, 0.15) is 43.5 Å². The summed E-state index contributed by atoms with van der Waals surface area (Å²) in [7, 11) is 0. The quantitative estimate of drug-likeness (QED) is 0.582. The van der Waals surface area contributed by atoms with Gasteiger partial charge in [0.05, 0.1) is 0 Å². The van der Waals surface area contributed by atoms with Crippen LogP contribution in [0.2, 0.25) is 0 Å². The van der Waals surface area contributed by atoms with Crippen LogP contribution in [0.4, 0.5) is 5.69 Å². The Kier molecular flexibility index (Phi) is 8.83. The second kappa shape index (κ2) is 10.9. The first-order valence-electron chi connectivity index (χ1n) is 8.55. The van der Waals surface area contributed by atoms with Gasteiger partial charge in [0.15, 0.2) is 0 Å². The Morgan fingerprint density at radius 2 is 1.62 bits per heavy atom. The van der Waals surface area contributed by atoms with Crippen molar-refractivity contribution >= 4 is 29.4 Å². The van der Waals surface area contributed by atoms with Gasteiger partial charge in [0.25, 0.3) is 5.91 Å². The zero-order valence-corrected chi connectivity index (χ0v) is 15.1. The summed E-state index contributed by atoms with van der Waals surface area (Å²) in [4.78, 5) is 47.6. The van der Waals surface area contributed by atoms with Crippen molar-refractivity contribution in [1.82, 2.24) is 10.2 Å². The molecule has 0 aliphatic carbocycles. The van der Waals surface area contributed by atoms with E-state index in [1.807, 2.05) is 13.8 Å². The van der Waals surface area contributed by atoms with Gasteiger partial charge in [-0.15, -0.1) is 0 Å². The minimum atomic E-state index is -1.12. The number of carboxylic acids is 1. The lowest BCUT2D eigenvalue weighted by molar-refractivity contribution is -0.136. The van der Waals surface area contributed by atoms with E-state index in [4.69, 9.17) is 5.11 Å². The molecule has 1 rings (SSSR count). The van der Waals surface area contributed by atoms with Gasteiger partial charge in [-0.2, -0.15) is 0 Å². The van der Waals surface area contributed by atoms with Crippen LogP contribution in [-0.4, -0.2) is 53.3 Å². The molecule has 0 unspecified atom stereocenters. The van der Waals surface area contributed by atoms with Gasteiger partial charge in [-0.1, -0.05) is 0 Å². The maximum Gasteiger partial charge on any atom is 0.322 e. The van der Waals surface area contributed by atoms with Crippen LogP contribution in [0.3, 0.4) is 0 Å². The van der Waals surface area contributed by atoms with Crippen molar-refractivity contribution < 1.29 is 24.3 Å². The SMILES string of the molecule is CCN(CC)C(=O)CCCC(=O)Nc1ccc(C(=O)NCC(=O)O)cc1. The maximum absolute atomic E-state index is 11.9. The molecule has 8 nitrogen and oxygen atoms in total. The molecule has 0 atom stereocenters. The Bertz CT molecular complexity index is 639. The lowest BCUT2D eigenvalue weighted by atomic mass is 10.1. The molecule has 0 saturated heterocycles. The monoisotopic (exact) mass is 363 g/mol. The summed E-state index contributed by atoms with van der Waals surface area (Å²) in [6, 6.07) is 6.12. The molecule has 1 aromatic rings. The van der Waals surface area contributed by atoms with Crippen LogP contribution < -0.4 is 10.6 Å². The Balaban J connectivity index is 2.41. The average Bonchev–Trinajstić information content (AvgIpc) is 2.61. The second-order valence-electron chi connectivity index (χ2n) is 5.62. The van der Waals surface area contributed by atoms with Crippen molar-refractivity contribution in [2.24, 2.45) is 0 Å². The van der Waals surface area contributed by atoms with Gasteiger partial charge in [-0.25, -0.2) is 0 Å². The molecule has 0 aliphatic heterocycles. The highest BCUT2D eigenvalue weighted by molar-refractivity contribution is 5.97. The van der Waals surface area contributed by atoms with Gasteiger partial charge in [0.1, 0.15) is 6.54 Å². The number of carbonyl (C=O) groups is 4. The molecular weight excluding hydrogens is 338 g/mol. The zero-order valence-electron chi connectivity index (χ0n) is 15.1. The highest BCUT2D eigenvalue weighted by Crippen LogP contribution is 2.11. The normalized spacial score (nSPS) is 10.1. The van der Waals surface area contributed by atoms with Gasteiger partial charge in [-0.3, -0.25) is 19.2 Å². The fourth-order valence-corrected chi connectivity index (χ4v) is 2.32. The topological polar surface area (TPSA) is 116 Å². The predicted molar refractivity (Wildman–Crippen MR) is 96.8 cm³/mol. The molecule has 0 saturated carbocycles. The van der Waals surface area contributed by atoms with Crippen LogP contribution in [-0.2, 0) is 14.4 Å². The van der Waals surface area contributed by atoms with E-state index in [2.05, 4.69) is 10.6 Å². The fraction of sp³-hybridized carbons (Fsp3) is 0.444. The Morgan fingerprint density at radius 3 is 2.15 bits per heavy atom. The van der Waals surface area contributed by atoms with E-state index in [9.17, 15) is 19.2 Å². The minimum Gasteiger partial charge on any atom is -0.480 e. The molecule has 0 aliphatic rings. The van der Waals surface area contributed by atoms with Gasteiger partial charge in [-0.05, 0) is 44.5 Å². The summed E-state index contributed by atoms with van der Waals surface area (Å²) < 4.78 is 0. The highest BCUT2D eigenvalue weighted by atomic mass is 16.4. The fourth-order valence-electron chi connectivity index (χ4n) is 2.32. The molecule has 3 N–H and O–H groups in total. The predicted octanol–water partition coefficient (Wildman–Crippen LogP) is 1.48. The van der Waals surface area contributed by atoms with E-state index in [1.54, 1.807) is 17.0 Å². The van der Waals surface area contributed by atoms with E-state index in [0.717, 1.165) is 0 Å². The first-order valence-corrected chi connectivity index (χ1v) is 8.55. The zero-order chi connectivity index (χ0) is 19.5. The molecule has 0 radical (unpaired) electrons. The number of nitrogens with zero attached hydrogens (tertiary/aromatic N) is 1. The molecule has 3 amide bonds. The van der Waals surface area contributed by atoms with Crippen molar-refractivity contribution in [2.45, 2.75) is 33.1 Å². The molecule has 1 aromatic carbocycles. The van der Waals surface area contributed by atoms with Crippen LogP contribution >= 0.6 is 0 Å². The number of carbonyl (C=O) groups excluding carboxylic acids is 3. The molecule has 26 heavy (non-hydrogen) atoms. The number of anilines is 1. The number of benzene rings is 1. The third kappa shape index (κ3) is 7.33. The van der Waals surface area contributed by atoms with Crippen LogP contribution in [0.5, 0.6) is 0 Å². The summed E-state index contributed by atoms with van der Waals surface area (Å²) in [6.07, 6.45) is 1.03. The summed E-state index contributed by atoms with van der Waals surface area (Å²) >= 11 is 0. The molecule has 8 heteroatoms. The van der Waals surface area contributed by atoms with Crippen molar-refractivity contribution in [2.75, 3.05) is 25.0 Å². The average molecular weight is 363 g/mol. The Labute approximate surface area is 152 Å². The first-order chi connectivity index (χ1) is 12.4. The third-order valence-electron chi connectivity index (χ3n) is 3.74. The van der Waals surface area contributed by atoms with E-state index >= 15 is 0 Å². The standard InChI is InChI=1S/C18H25N3O5/c1-3-21(4-2)16(23)7-5-6-15(22)20-14-10-8-13(9-11-14)18(26)19-12-17(24)25/h8-11H,3-7,12H2,1-2H3,(H,19,26)(H,20,22)(H,24,25). The Hall–Kier alpha value is -2.90. The van der Waals surface area contributed by atoms with Crippen molar-refractivity contribution in [1.29, 1.82) is 0 Å². The molecule has 0 bridgehead atoms. The summed E-state index contributed by atoms with van der Waals surface area (Å²) in [5, 5.41) is 13.5. The summed E-state index contributed by atoms with van der Waals surface area (Å²) in [6.45, 7) is 4.70. The van der Waals surface area contributed by atoms with Crippen LogP contribution in [0.25, 0.3) is 0 Å². The number of hydrogen-bond acceptors (Lipinski definition) is 4. The van der Waals surface area contributed by atoms with E-state index < -0.39 is 18.4 Å². The van der Waals surface area contributed by atoms with Crippen molar-refractivity contribution in [3.8, 4) is 0 Å². The third-order valence-corrected chi connectivity index (χ3v) is 3.74. The molecular formula is C18H25N3O5. The second-order valence-corrected chi connectivity index (χ2v) is 5.62. The lowest BCUT2D eigenvalue weighted by Gasteiger charge is -2.18. The summed E-state index contributed by atoms with van der Waals surface area (Å²) in [5.74, 6) is -1.79. The van der Waals surface area contributed by atoms with Crippen molar-refractivity contribution in [3.05, 3.63) is 29.8 Å². The van der Waals surface area contributed by atoms with Gasteiger partial charge in [0.2, 0.25) is 11.8 Å². The van der Waals surface area contributed by atoms with E-state index in [0.29, 0.717) is 37.2 Å². The van der Waals surface area contributed by atoms with Crippen molar-refractivity contribution in [3.63, 3.8) is 0 Å². The van der Waals surface area contributed by atoms with Gasteiger partial charge in [0, 0.05) is 37.2 Å². The lowest BCUT2D eigenvalue weighted by Crippen LogP contribution is -2.30. The van der Waals surface area contributed by atoms with Crippen LogP contribution in [0, 0.1) is 0 Å². The number of amides is 3. The molecule has 0 spiro atoms. The number of hydrogen-bond donors (Lipinski definition) is 3. The highest BCUT2D eigenvalue weighted by Gasteiger charge is 2.11. The maximum atomic E-state index is 11.9.